The van der Waals surface area contributed by atoms with Crippen molar-refractivity contribution < 1.29 is 4.74 Å². The highest BCUT2D eigenvalue weighted by molar-refractivity contribution is 9.10. The number of nitrogens with one attached hydrogen (secondary N) is 1. The predicted molar refractivity (Wildman–Crippen MR) is 90.0 cm³/mol. The van der Waals surface area contributed by atoms with E-state index in [1.165, 1.54) is 0 Å². The summed E-state index contributed by atoms with van der Waals surface area (Å²) in [6.07, 6.45) is 1.81. The summed E-state index contributed by atoms with van der Waals surface area (Å²) in [6, 6.07) is 9.32. The minimum Gasteiger partial charge on any atom is -0.437 e. The van der Waals surface area contributed by atoms with Gasteiger partial charge in [-0.1, -0.05) is 47.4 Å². The lowest BCUT2D eigenvalue weighted by Gasteiger charge is -2.09. The zero-order valence-corrected chi connectivity index (χ0v) is 14.4. The summed E-state index contributed by atoms with van der Waals surface area (Å²) in [6.45, 7) is 6.17. The molecular formula is C16H18BrClN2O. The normalized spacial score (nSPS) is 10.9. The third-order valence-electron chi connectivity index (χ3n) is 2.79. The predicted octanol–water partition coefficient (Wildman–Crippen LogP) is 5.04. The standard InChI is InChI=1S/C16H18BrClN2O/c1-11(2)8-19-9-12-3-6-16(20-10-12)21-15-7-13(17)4-5-14(15)18/h3-7,10-11,19H,8-9H2,1-2H3. The van der Waals surface area contributed by atoms with Crippen LogP contribution in [0.1, 0.15) is 19.4 Å². The number of aromatic nitrogens is 1. The molecule has 0 fully saturated rings. The van der Waals surface area contributed by atoms with Crippen molar-refractivity contribution in [3.05, 3.63) is 51.6 Å². The van der Waals surface area contributed by atoms with Crippen molar-refractivity contribution in [1.82, 2.24) is 10.3 Å². The Hall–Kier alpha value is -1.10. The van der Waals surface area contributed by atoms with E-state index >= 15 is 0 Å². The van der Waals surface area contributed by atoms with Gasteiger partial charge in [-0.3, -0.25) is 0 Å². The van der Waals surface area contributed by atoms with Crippen molar-refractivity contribution in [1.29, 1.82) is 0 Å². The smallest absolute Gasteiger partial charge is 0.219 e. The van der Waals surface area contributed by atoms with Gasteiger partial charge in [0.2, 0.25) is 5.88 Å². The van der Waals surface area contributed by atoms with Gasteiger partial charge in [-0.15, -0.1) is 0 Å². The molecule has 2 aromatic rings. The summed E-state index contributed by atoms with van der Waals surface area (Å²) in [5, 5.41) is 3.94. The Morgan fingerprint density at radius 1 is 1.29 bits per heavy atom. The summed E-state index contributed by atoms with van der Waals surface area (Å²) in [5.74, 6) is 1.76. The first-order valence-electron chi connectivity index (χ1n) is 6.83. The van der Waals surface area contributed by atoms with E-state index in [-0.39, 0.29) is 0 Å². The van der Waals surface area contributed by atoms with Crippen molar-refractivity contribution in [3.8, 4) is 11.6 Å². The fourth-order valence-electron chi connectivity index (χ4n) is 1.75. The van der Waals surface area contributed by atoms with Gasteiger partial charge < -0.3 is 10.1 Å². The second-order valence-electron chi connectivity index (χ2n) is 5.21. The van der Waals surface area contributed by atoms with Crippen LogP contribution in [0.3, 0.4) is 0 Å². The Bertz CT molecular complexity index is 587. The summed E-state index contributed by atoms with van der Waals surface area (Å²) in [5.41, 5.74) is 1.13. The summed E-state index contributed by atoms with van der Waals surface area (Å²) in [4.78, 5) is 4.31. The van der Waals surface area contributed by atoms with Gasteiger partial charge >= 0.3 is 0 Å². The van der Waals surface area contributed by atoms with E-state index in [2.05, 4.69) is 40.1 Å². The quantitative estimate of drug-likeness (QED) is 0.775. The molecule has 0 atom stereocenters. The Kier molecular flexibility index (Phi) is 6.03. The molecule has 1 aromatic heterocycles. The number of rotatable bonds is 6. The Morgan fingerprint density at radius 3 is 2.76 bits per heavy atom. The molecule has 0 radical (unpaired) electrons. The second kappa shape index (κ2) is 7.78. The average molecular weight is 370 g/mol. The van der Waals surface area contributed by atoms with Crippen LogP contribution in [0.4, 0.5) is 0 Å². The van der Waals surface area contributed by atoms with Crippen LogP contribution in [0.25, 0.3) is 0 Å². The average Bonchev–Trinajstić information content (AvgIpc) is 2.44. The van der Waals surface area contributed by atoms with Gasteiger partial charge in [0.1, 0.15) is 5.75 Å². The highest BCUT2D eigenvalue weighted by Crippen LogP contribution is 2.31. The van der Waals surface area contributed by atoms with E-state index in [0.717, 1.165) is 23.1 Å². The van der Waals surface area contributed by atoms with E-state index < -0.39 is 0 Å². The lowest BCUT2D eigenvalue weighted by molar-refractivity contribution is 0.462. The minimum absolute atomic E-state index is 0.530. The van der Waals surface area contributed by atoms with Crippen LogP contribution in [-0.2, 0) is 6.54 Å². The van der Waals surface area contributed by atoms with Gasteiger partial charge in [0.15, 0.2) is 0 Å². The molecule has 0 saturated carbocycles. The largest absolute Gasteiger partial charge is 0.437 e. The number of hydrogen-bond acceptors (Lipinski definition) is 3. The van der Waals surface area contributed by atoms with Gasteiger partial charge in [-0.2, -0.15) is 0 Å². The van der Waals surface area contributed by atoms with Crippen molar-refractivity contribution in [2.45, 2.75) is 20.4 Å². The van der Waals surface area contributed by atoms with Crippen LogP contribution in [-0.4, -0.2) is 11.5 Å². The van der Waals surface area contributed by atoms with Crippen LogP contribution in [0, 0.1) is 5.92 Å². The lowest BCUT2D eigenvalue weighted by atomic mass is 10.2. The molecule has 0 aliphatic carbocycles. The van der Waals surface area contributed by atoms with Crippen molar-refractivity contribution in [2.24, 2.45) is 5.92 Å². The summed E-state index contributed by atoms with van der Waals surface area (Å²) in [7, 11) is 0. The molecule has 0 aliphatic heterocycles. The summed E-state index contributed by atoms with van der Waals surface area (Å²) < 4.78 is 6.61. The number of ether oxygens (including phenoxy) is 1. The molecule has 112 valence electrons. The number of benzene rings is 1. The molecule has 0 amide bonds. The Balaban J connectivity index is 1.97. The van der Waals surface area contributed by atoms with Gasteiger partial charge in [-0.25, -0.2) is 4.98 Å². The number of halogens is 2. The molecule has 0 aliphatic rings. The maximum Gasteiger partial charge on any atom is 0.219 e. The molecule has 0 spiro atoms. The lowest BCUT2D eigenvalue weighted by Crippen LogP contribution is -2.18. The maximum atomic E-state index is 6.09. The van der Waals surface area contributed by atoms with Crippen LogP contribution < -0.4 is 10.1 Å². The Labute approximate surface area is 138 Å². The number of nitrogens with zero attached hydrogens (tertiary/aromatic N) is 1. The van der Waals surface area contributed by atoms with E-state index in [1.54, 1.807) is 6.07 Å². The molecule has 1 aromatic carbocycles. The molecule has 5 heteroatoms. The SMILES string of the molecule is CC(C)CNCc1ccc(Oc2cc(Br)ccc2Cl)nc1. The van der Waals surface area contributed by atoms with Crippen LogP contribution in [0.5, 0.6) is 11.6 Å². The van der Waals surface area contributed by atoms with Crippen molar-refractivity contribution in [2.75, 3.05) is 6.54 Å². The summed E-state index contributed by atoms with van der Waals surface area (Å²) >= 11 is 9.49. The van der Waals surface area contributed by atoms with Gasteiger partial charge in [0.05, 0.1) is 5.02 Å². The zero-order chi connectivity index (χ0) is 15.2. The molecule has 2 rings (SSSR count). The van der Waals surface area contributed by atoms with E-state index in [4.69, 9.17) is 16.3 Å². The molecular weight excluding hydrogens is 352 g/mol. The van der Waals surface area contributed by atoms with Gasteiger partial charge in [0, 0.05) is 23.3 Å². The zero-order valence-electron chi connectivity index (χ0n) is 12.1. The first-order valence-corrected chi connectivity index (χ1v) is 8.00. The number of hydrogen-bond donors (Lipinski definition) is 1. The van der Waals surface area contributed by atoms with E-state index in [0.29, 0.717) is 22.6 Å². The molecule has 1 heterocycles. The molecule has 0 unspecified atom stereocenters. The number of pyridine rings is 1. The van der Waals surface area contributed by atoms with E-state index in [1.807, 2.05) is 30.5 Å². The van der Waals surface area contributed by atoms with Crippen LogP contribution >= 0.6 is 27.5 Å². The van der Waals surface area contributed by atoms with Gasteiger partial charge in [0.25, 0.3) is 0 Å². The van der Waals surface area contributed by atoms with Crippen LogP contribution in [0.2, 0.25) is 5.02 Å². The van der Waals surface area contributed by atoms with E-state index in [9.17, 15) is 0 Å². The fourth-order valence-corrected chi connectivity index (χ4v) is 2.25. The molecule has 3 nitrogen and oxygen atoms in total. The molecule has 0 saturated heterocycles. The van der Waals surface area contributed by atoms with Crippen molar-refractivity contribution in [3.63, 3.8) is 0 Å². The maximum absolute atomic E-state index is 6.09. The molecule has 1 N–H and O–H groups in total. The van der Waals surface area contributed by atoms with Gasteiger partial charge in [-0.05, 0) is 36.2 Å². The first kappa shape index (κ1) is 16.3. The topological polar surface area (TPSA) is 34.1 Å². The first-order chi connectivity index (χ1) is 10.0. The monoisotopic (exact) mass is 368 g/mol. The second-order valence-corrected chi connectivity index (χ2v) is 6.53. The highest BCUT2D eigenvalue weighted by Gasteiger charge is 2.05. The van der Waals surface area contributed by atoms with Crippen molar-refractivity contribution >= 4 is 27.5 Å². The molecule has 21 heavy (non-hydrogen) atoms. The minimum atomic E-state index is 0.530. The highest BCUT2D eigenvalue weighted by atomic mass is 79.9. The Morgan fingerprint density at radius 2 is 2.10 bits per heavy atom. The van der Waals surface area contributed by atoms with Crippen LogP contribution in [0.15, 0.2) is 41.0 Å². The fraction of sp³-hybridized carbons (Fsp3) is 0.312. The molecule has 0 bridgehead atoms. The third-order valence-corrected chi connectivity index (χ3v) is 3.59. The third kappa shape index (κ3) is 5.30.